The Bertz CT molecular complexity index is 855. The second kappa shape index (κ2) is 6.09. The van der Waals surface area contributed by atoms with E-state index >= 15 is 0 Å². The number of nitrogens with zero attached hydrogens (tertiary/aromatic N) is 4. The van der Waals surface area contributed by atoms with E-state index in [0.717, 1.165) is 15.8 Å². The Kier molecular flexibility index (Phi) is 4.29. The van der Waals surface area contributed by atoms with Crippen LogP contribution in [0.25, 0.3) is 10.2 Å². The highest BCUT2D eigenvalue weighted by Crippen LogP contribution is 2.37. The Morgan fingerprint density at radius 2 is 1.87 bits per heavy atom. The summed E-state index contributed by atoms with van der Waals surface area (Å²) in [6, 6.07) is 0. The van der Waals surface area contributed by atoms with E-state index in [1.807, 2.05) is 20.8 Å². The highest BCUT2D eigenvalue weighted by atomic mass is 32.2. The first kappa shape index (κ1) is 16.2. The minimum absolute atomic E-state index is 0.0333. The highest BCUT2D eigenvalue weighted by molar-refractivity contribution is 7.99. The van der Waals surface area contributed by atoms with Crippen LogP contribution >= 0.6 is 23.1 Å². The summed E-state index contributed by atoms with van der Waals surface area (Å²) in [5, 5.41) is 5.56. The molecular formula is C15H19N5OS2. The first-order valence-electron chi connectivity index (χ1n) is 7.40. The predicted octanol–water partition coefficient (Wildman–Crippen LogP) is 4.25. The number of anilines is 1. The van der Waals surface area contributed by atoms with Crippen LogP contribution in [0.3, 0.4) is 0 Å². The van der Waals surface area contributed by atoms with Gasteiger partial charge in [0.25, 0.3) is 0 Å². The molecule has 0 spiro atoms. The molecule has 0 bridgehead atoms. The minimum atomic E-state index is -0.0333. The third kappa shape index (κ3) is 3.05. The number of hydrogen-bond donors (Lipinski definition) is 1. The number of thioether (sulfide) groups is 1. The second-order valence-corrected chi connectivity index (χ2v) is 8.27. The van der Waals surface area contributed by atoms with E-state index in [1.165, 1.54) is 16.6 Å². The molecule has 0 saturated carbocycles. The Morgan fingerprint density at radius 3 is 2.52 bits per heavy atom. The van der Waals surface area contributed by atoms with Gasteiger partial charge in [-0.05, 0) is 26.3 Å². The molecule has 0 saturated heterocycles. The van der Waals surface area contributed by atoms with Crippen LogP contribution in [0.5, 0.6) is 0 Å². The van der Waals surface area contributed by atoms with E-state index in [9.17, 15) is 0 Å². The van der Waals surface area contributed by atoms with Crippen molar-refractivity contribution in [2.24, 2.45) is 0 Å². The molecule has 1 atom stereocenters. The molecule has 6 nitrogen and oxygen atoms in total. The number of rotatable bonds is 4. The third-order valence-electron chi connectivity index (χ3n) is 3.64. The second-order valence-electron chi connectivity index (χ2n) is 5.76. The lowest BCUT2D eigenvalue weighted by molar-refractivity contribution is 0.373. The van der Waals surface area contributed by atoms with Gasteiger partial charge in [-0.1, -0.05) is 30.8 Å². The maximum absolute atomic E-state index is 6.12. The van der Waals surface area contributed by atoms with Gasteiger partial charge >= 0.3 is 0 Å². The highest BCUT2D eigenvalue weighted by Gasteiger charge is 2.20. The summed E-state index contributed by atoms with van der Waals surface area (Å²) in [6.45, 7) is 10.2. The summed E-state index contributed by atoms with van der Waals surface area (Å²) < 4.78 is 5.33. The van der Waals surface area contributed by atoms with Crippen LogP contribution in [0.4, 0.5) is 5.82 Å². The van der Waals surface area contributed by atoms with E-state index in [0.29, 0.717) is 22.7 Å². The molecule has 122 valence electrons. The monoisotopic (exact) mass is 349 g/mol. The van der Waals surface area contributed by atoms with E-state index in [-0.39, 0.29) is 11.2 Å². The number of hydrogen-bond acceptors (Lipinski definition) is 8. The fourth-order valence-corrected chi connectivity index (χ4v) is 4.07. The topological polar surface area (TPSA) is 90.7 Å². The van der Waals surface area contributed by atoms with Gasteiger partial charge in [0, 0.05) is 10.8 Å². The summed E-state index contributed by atoms with van der Waals surface area (Å²) in [5.41, 5.74) is 7.28. The van der Waals surface area contributed by atoms with Crippen molar-refractivity contribution >= 4 is 39.1 Å². The van der Waals surface area contributed by atoms with Crippen molar-refractivity contribution in [3.05, 3.63) is 22.2 Å². The molecule has 0 amide bonds. The fourth-order valence-electron chi connectivity index (χ4n) is 2.17. The van der Waals surface area contributed by atoms with Crippen LogP contribution in [0.2, 0.25) is 0 Å². The number of thiophene rings is 1. The summed E-state index contributed by atoms with van der Waals surface area (Å²) in [5.74, 6) is 2.07. The lowest BCUT2D eigenvalue weighted by Gasteiger charge is -2.06. The molecule has 3 aromatic rings. The van der Waals surface area contributed by atoms with Gasteiger partial charge in [0.1, 0.15) is 10.6 Å². The van der Waals surface area contributed by atoms with Crippen molar-refractivity contribution in [3.8, 4) is 0 Å². The molecule has 0 aliphatic heterocycles. The van der Waals surface area contributed by atoms with Gasteiger partial charge in [0.05, 0.1) is 10.6 Å². The molecule has 0 aromatic carbocycles. The SMILES string of the molecule is Cc1sc2nc(SC(C)c3nc(C(C)C)no3)nc(N)c2c1C. The van der Waals surface area contributed by atoms with Crippen LogP contribution in [-0.4, -0.2) is 20.1 Å². The fraction of sp³-hybridized carbons (Fsp3) is 0.467. The maximum Gasteiger partial charge on any atom is 0.239 e. The quantitative estimate of drug-likeness (QED) is 0.556. The number of nitrogen functional groups attached to an aromatic ring is 1. The van der Waals surface area contributed by atoms with Crippen LogP contribution in [0.15, 0.2) is 9.68 Å². The molecular weight excluding hydrogens is 330 g/mol. The Morgan fingerprint density at radius 1 is 1.13 bits per heavy atom. The first-order valence-corrected chi connectivity index (χ1v) is 9.09. The Balaban J connectivity index is 1.88. The van der Waals surface area contributed by atoms with Crippen molar-refractivity contribution in [2.75, 3.05) is 5.73 Å². The number of fused-ring (bicyclic) bond motifs is 1. The van der Waals surface area contributed by atoms with Gasteiger partial charge in [-0.25, -0.2) is 9.97 Å². The Hall–Kier alpha value is -1.67. The third-order valence-corrected chi connectivity index (χ3v) is 5.69. The lowest BCUT2D eigenvalue weighted by atomic mass is 10.2. The van der Waals surface area contributed by atoms with E-state index in [4.69, 9.17) is 10.3 Å². The minimum Gasteiger partial charge on any atom is -0.383 e. The zero-order chi connectivity index (χ0) is 16.7. The van der Waals surface area contributed by atoms with Crippen LogP contribution in [0, 0.1) is 13.8 Å². The molecule has 0 aliphatic carbocycles. The lowest BCUT2D eigenvalue weighted by Crippen LogP contribution is -1.98. The van der Waals surface area contributed by atoms with Crippen molar-refractivity contribution in [2.45, 2.75) is 50.9 Å². The normalized spacial score (nSPS) is 13.1. The standard InChI is InChI=1S/C15H19N5OS2/c1-6(2)12-18-13(21-20-12)9(5)23-15-17-11(16)10-7(3)8(4)22-14(10)19-15/h6,9H,1-5H3,(H2,16,17,19). The van der Waals surface area contributed by atoms with Gasteiger partial charge in [-0.2, -0.15) is 4.98 Å². The summed E-state index contributed by atoms with van der Waals surface area (Å²) in [4.78, 5) is 15.6. The molecule has 8 heteroatoms. The van der Waals surface area contributed by atoms with Crippen LogP contribution in [-0.2, 0) is 0 Å². The molecule has 3 aromatic heterocycles. The summed E-state index contributed by atoms with van der Waals surface area (Å²) >= 11 is 3.12. The maximum atomic E-state index is 6.12. The van der Waals surface area contributed by atoms with E-state index < -0.39 is 0 Å². The average Bonchev–Trinajstić information content (AvgIpc) is 3.05. The first-order chi connectivity index (χ1) is 10.9. The zero-order valence-corrected chi connectivity index (χ0v) is 15.4. The zero-order valence-electron chi connectivity index (χ0n) is 13.7. The molecule has 0 radical (unpaired) electrons. The van der Waals surface area contributed by atoms with Crippen molar-refractivity contribution in [3.63, 3.8) is 0 Å². The molecule has 3 rings (SSSR count). The molecule has 3 heterocycles. The summed E-state index contributed by atoms with van der Waals surface area (Å²) in [6.07, 6.45) is 0. The molecule has 0 aliphatic rings. The van der Waals surface area contributed by atoms with Crippen LogP contribution in [0.1, 0.15) is 54.1 Å². The molecule has 23 heavy (non-hydrogen) atoms. The smallest absolute Gasteiger partial charge is 0.239 e. The van der Waals surface area contributed by atoms with Gasteiger partial charge < -0.3 is 10.3 Å². The Labute approximate surface area is 142 Å². The van der Waals surface area contributed by atoms with Crippen LogP contribution < -0.4 is 5.73 Å². The van der Waals surface area contributed by atoms with Gasteiger partial charge in [0.15, 0.2) is 11.0 Å². The average molecular weight is 349 g/mol. The van der Waals surface area contributed by atoms with Crippen molar-refractivity contribution in [1.29, 1.82) is 0 Å². The largest absolute Gasteiger partial charge is 0.383 e. The number of aryl methyl sites for hydroxylation is 2. The number of aromatic nitrogens is 4. The molecule has 1 unspecified atom stereocenters. The van der Waals surface area contributed by atoms with E-state index in [1.54, 1.807) is 11.3 Å². The number of nitrogens with two attached hydrogens (primary N) is 1. The van der Waals surface area contributed by atoms with Crippen molar-refractivity contribution in [1.82, 2.24) is 20.1 Å². The molecule has 2 N–H and O–H groups in total. The van der Waals surface area contributed by atoms with Crippen molar-refractivity contribution < 1.29 is 4.52 Å². The van der Waals surface area contributed by atoms with Gasteiger partial charge in [-0.3, -0.25) is 0 Å². The predicted molar refractivity (Wildman–Crippen MR) is 94.0 cm³/mol. The van der Waals surface area contributed by atoms with E-state index in [2.05, 4.69) is 34.0 Å². The van der Waals surface area contributed by atoms with Gasteiger partial charge in [0.2, 0.25) is 5.89 Å². The summed E-state index contributed by atoms with van der Waals surface area (Å²) in [7, 11) is 0. The molecule has 0 fully saturated rings. The van der Waals surface area contributed by atoms with Gasteiger partial charge in [-0.15, -0.1) is 11.3 Å².